The first kappa shape index (κ1) is 14.0. The number of hydrogen-bond acceptors (Lipinski definition) is 2. The smallest absolute Gasteiger partial charge is 0.110 e. The number of H-pyrrole nitrogens is 1. The van der Waals surface area contributed by atoms with Crippen LogP contribution in [0.4, 0.5) is 0 Å². The van der Waals surface area contributed by atoms with Crippen LogP contribution in [0.2, 0.25) is 0 Å². The predicted molar refractivity (Wildman–Crippen MR) is 89.6 cm³/mol. The van der Waals surface area contributed by atoms with Crippen LogP contribution in [-0.2, 0) is 6.42 Å². The lowest BCUT2D eigenvalue weighted by Crippen LogP contribution is -1.89. The third-order valence-corrected chi connectivity index (χ3v) is 3.28. The van der Waals surface area contributed by atoms with Crippen molar-refractivity contribution >= 4 is 10.9 Å². The van der Waals surface area contributed by atoms with Gasteiger partial charge in [-0.25, -0.2) is 4.98 Å². The first-order valence-electron chi connectivity index (χ1n) is 7.24. The molecule has 4 rings (SSSR count). The van der Waals surface area contributed by atoms with Crippen LogP contribution in [0.25, 0.3) is 10.9 Å². The maximum Gasteiger partial charge on any atom is 0.110 e. The fourth-order valence-electron chi connectivity index (χ4n) is 2.20. The van der Waals surface area contributed by atoms with Crippen molar-refractivity contribution in [3.05, 3.63) is 96.7 Å². The summed E-state index contributed by atoms with van der Waals surface area (Å²) in [6, 6.07) is 22.4. The molecule has 22 heavy (non-hydrogen) atoms. The van der Waals surface area contributed by atoms with Gasteiger partial charge in [-0.2, -0.15) is 0 Å². The number of rotatable bonds is 2. The predicted octanol–water partition coefficient (Wildman–Crippen LogP) is 4.24. The molecule has 0 atom stereocenters. The fourth-order valence-corrected chi connectivity index (χ4v) is 2.20. The van der Waals surface area contributed by atoms with E-state index in [1.165, 1.54) is 10.9 Å². The Kier molecular flexibility index (Phi) is 4.57. The zero-order valence-electron chi connectivity index (χ0n) is 12.2. The van der Waals surface area contributed by atoms with E-state index in [2.05, 4.69) is 39.2 Å². The Bertz CT molecular complexity index is 743. The zero-order chi connectivity index (χ0) is 15.0. The Labute approximate surface area is 129 Å². The minimum absolute atomic E-state index is 0.883. The molecule has 3 nitrogen and oxygen atoms in total. The summed E-state index contributed by atoms with van der Waals surface area (Å²) in [5, 5.41) is 1.20. The number of aromatic amines is 1. The van der Waals surface area contributed by atoms with Crippen LogP contribution >= 0.6 is 0 Å². The topological polar surface area (TPSA) is 41.6 Å². The molecule has 0 fully saturated rings. The lowest BCUT2D eigenvalue weighted by Gasteiger charge is -1.95. The molecular formula is C19H17N3. The summed E-state index contributed by atoms with van der Waals surface area (Å²) in [4.78, 5) is 11.4. The third-order valence-electron chi connectivity index (χ3n) is 3.28. The fraction of sp³-hybridized carbons (Fsp3) is 0.0526. The highest BCUT2D eigenvalue weighted by Gasteiger charge is 1.95. The average molecular weight is 287 g/mol. The molecule has 0 aliphatic carbocycles. The molecule has 0 amide bonds. The molecule has 0 bridgehead atoms. The highest BCUT2D eigenvalue weighted by Crippen LogP contribution is 2.08. The van der Waals surface area contributed by atoms with Gasteiger partial charge in [-0.05, 0) is 17.7 Å². The van der Waals surface area contributed by atoms with Crippen molar-refractivity contribution in [1.29, 1.82) is 0 Å². The number of benzene rings is 2. The van der Waals surface area contributed by atoms with Crippen molar-refractivity contribution in [2.45, 2.75) is 6.42 Å². The molecular weight excluding hydrogens is 270 g/mol. The van der Waals surface area contributed by atoms with Crippen molar-refractivity contribution in [3.8, 4) is 0 Å². The van der Waals surface area contributed by atoms with Crippen molar-refractivity contribution < 1.29 is 0 Å². The van der Waals surface area contributed by atoms with Crippen LogP contribution < -0.4 is 0 Å². The van der Waals surface area contributed by atoms with Crippen LogP contribution in [0.15, 0.2) is 85.3 Å². The standard InChI is InChI=1S/C10H10N2.C9H7N/c1-2-4-9(5-3-1)8-10-11-6-7-12-10;1-2-6-9-8(4-1)5-3-7-10-9/h1-7H,8H2,(H,11,12);1-7H. The van der Waals surface area contributed by atoms with Gasteiger partial charge < -0.3 is 4.98 Å². The van der Waals surface area contributed by atoms with E-state index in [-0.39, 0.29) is 0 Å². The Balaban J connectivity index is 0.000000133. The lowest BCUT2D eigenvalue weighted by molar-refractivity contribution is 1.03. The average Bonchev–Trinajstić information content (AvgIpc) is 3.10. The van der Waals surface area contributed by atoms with E-state index in [0.29, 0.717) is 0 Å². The number of pyridine rings is 1. The van der Waals surface area contributed by atoms with Crippen molar-refractivity contribution in [1.82, 2.24) is 15.0 Å². The van der Waals surface area contributed by atoms with E-state index >= 15 is 0 Å². The van der Waals surface area contributed by atoms with E-state index in [1.54, 1.807) is 6.20 Å². The normalized spacial score (nSPS) is 10.0. The van der Waals surface area contributed by atoms with E-state index in [4.69, 9.17) is 0 Å². The first-order chi connectivity index (χ1) is 10.9. The monoisotopic (exact) mass is 287 g/mol. The number of aromatic nitrogens is 3. The molecule has 2 aromatic heterocycles. The molecule has 0 radical (unpaired) electrons. The molecule has 1 N–H and O–H groups in total. The number of fused-ring (bicyclic) bond motifs is 1. The van der Waals surface area contributed by atoms with Gasteiger partial charge in [-0.3, -0.25) is 4.98 Å². The molecule has 0 spiro atoms. The molecule has 0 aliphatic heterocycles. The number of nitrogens with zero attached hydrogens (tertiary/aromatic N) is 2. The second-order valence-electron chi connectivity index (χ2n) is 4.89. The summed E-state index contributed by atoms with van der Waals surface area (Å²) >= 11 is 0. The van der Waals surface area contributed by atoms with Gasteiger partial charge in [-0.15, -0.1) is 0 Å². The lowest BCUT2D eigenvalue weighted by atomic mass is 10.1. The molecule has 0 saturated carbocycles. The summed E-state index contributed by atoms with van der Waals surface area (Å²) in [5.74, 6) is 1.02. The summed E-state index contributed by atoms with van der Waals surface area (Å²) in [6.45, 7) is 0. The van der Waals surface area contributed by atoms with Gasteiger partial charge >= 0.3 is 0 Å². The molecule has 0 saturated heterocycles. The van der Waals surface area contributed by atoms with Gasteiger partial charge in [0.1, 0.15) is 5.82 Å². The van der Waals surface area contributed by atoms with Crippen molar-refractivity contribution in [3.63, 3.8) is 0 Å². The Morgan fingerprint density at radius 1 is 0.727 bits per heavy atom. The maximum absolute atomic E-state index is 4.18. The molecule has 0 unspecified atom stereocenters. The Hall–Kier alpha value is -2.94. The summed E-state index contributed by atoms with van der Waals surface area (Å²) in [5.41, 5.74) is 2.34. The van der Waals surface area contributed by atoms with Crippen LogP contribution in [0.5, 0.6) is 0 Å². The minimum Gasteiger partial charge on any atom is -0.348 e. The Morgan fingerprint density at radius 3 is 2.27 bits per heavy atom. The SMILES string of the molecule is c1ccc(Cc2ncc[nH]2)cc1.c1ccc2ncccc2c1. The third kappa shape index (κ3) is 3.79. The molecule has 4 aromatic rings. The molecule has 108 valence electrons. The largest absolute Gasteiger partial charge is 0.348 e. The summed E-state index contributed by atoms with van der Waals surface area (Å²) < 4.78 is 0. The van der Waals surface area contributed by atoms with Gasteiger partial charge in [0.15, 0.2) is 0 Å². The Morgan fingerprint density at radius 2 is 1.50 bits per heavy atom. The molecule has 2 heterocycles. The summed E-state index contributed by atoms with van der Waals surface area (Å²) in [6.07, 6.45) is 6.31. The molecule has 0 aliphatic rings. The van der Waals surface area contributed by atoms with E-state index in [9.17, 15) is 0 Å². The van der Waals surface area contributed by atoms with Crippen LogP contribution in [0, 0.1) is 0 Å². The zero-order valence-corrected chi connectivity index (χ0v) is 12.2. The number of imidazole rings is 1. The minimum atomic E-state index is 0.883. The maximum atomic E-state index is 4.18. The van der Waals surface area contributed by atoms with Crippen LogP contribution in [0.1, 0.15) is 11.4 Å². The summed E-state index contributed by atoms with van der Waals surface area (Å²) in [7, 11) is 0. The highest BCUT2D eigenvalue weighted by atomic mass is 14.9. The van der Waals surface area contributed by atoms with E-state index in [1.807, 2.05) is 54.9 Å². The van der Waals surface area contributed by atoms with Crippen molar-refractivity contribution in [2.75, 3.05) is 0 Å². The van der Waals surface area contributed by atoms with E-state index < -0.39 is 0 Å². The molecule has 3 heteroatoms. The van der Waals surface area contributed by atoms with Gasteiger partial charge in [-0.1, -0.05) is 54.6 Å². The van der Waals surface area contributed by atoms with Crippen LogP contribution in [0.3, 0.4) is 0 Å². The van der Waals surface area contributed by atoms with Gasteiger partial charge in [0, 0.05) is 30.4 Å². The van der Waals surface area contributed by atoms with Crippen molar-refractivity contribution in [2.24, 2.45) is 0 Å². The first-order valence-corrected chi connectivity index (χ1v) is 7.24. The highest BCUT2D eigenvalue weighted by molar-refractivity contribution is 5.77. The molecule has 2 aromatic carbocycles. The quantitative estimate of drug-likeness (QED) is 0.599. The van der Waals surface area contributed by atoms with Gasteiger partial charge in [0.25, 0.3) is 0 Å². The van der Waals surface area contributed by atoms with Crippen LogP contribution in [-0.4, -0.2) is 15.0 Å². The number of para-hydroxylation sites is 1. The second-order valence-corrected chi connectivity index (χ2v) is 4.89. The van der Waals surface area contributed by atoms with E-state index in [0.717, 1.165) is 17.8 Å². The van der Waals surface area contributed by atoms with Gasteiger partial charge in [0.05, 0.1) is 5.52 Å². The number of nitrogens with one attached hydrogen (secondary N) is 1. The number of hydrogen-bond donors (Lipinski definition) is 1. The second kappa shape index (κ2) is 7.18. The van der Waals surface area contributed by atoms with Gasteiger partial charge in [0.2, 0.25) is 0 Å².